The van der Waals surface area contributed by atoms with Gasteiger partial charge in [-0.15, -0.1) is 0 Å². The van der Waals surface area contributed by atoms with Crippen molar-refractivity contribution in [2.75, 3.05) is 5.32 Å². The van der Waals surface area contributed by atoms with Gasteiger partial charge >= 0.3 is 0 Å². The lowest BCUT2D eigenvalue weighted by atomic mass is 10.2. The van der Waals surface area contributed by atoms with Gasteiger partial charge in [-0.05, 0) is 54.0 Å². The number of hydrogen-bond acceptors (Lipinski definition) is 2. The van der Waals surface area contributed by atoms with E-state index in [4.69, 9.17) is 4.74 Å². The Morgan fingerprint density at radius 3 is 2.63 bits per heavy atom. The number of rotatable bonds is 6. The van der Waals surface area contributed by atoms with Crippen LogP contribution < -0.4 is 10.1 Å². The van der Waals surface area contributed by atoms with E-state index in [1.54, 1.807) is 6.08 Å². The molecule has 0 saturated heterocycles. The lowest BCUT2D eigenvalue weighted by Crippen LogP contribution is -2.07. The maximum Gasteiger partial charge on any atom is 0.248 e. The zero-order valence-electron chi connectivity index (χ0n) is 15.0. The van der Waals surface area contributed by atoms with E-state index < -0.39 is 0 Å². The van der Waals surface area contributed by atoms with Crippen molar-refractivity contribution >= 4 is 33.6 Å². The molecule has 0 aliphatic heterocycles. The van der Waals surface area contributed by atoms with Crippen LogP contribution in [-0.4, -0.2) is 5.91 Å². The lowest BCUT2D eigenvalue weighted by Gasteiger charge is -2.07. The Hall–Kier alpha value is -2.85. The summed E-state index contributed by atoms with van der Waals surface area (Å²) in [7, 11) is 0. The molecule has 0 aliphatic rings. The predicted molar refractivity (Wildman–Crippen MR) is 114 cm³/mol. The van der Waals surface area contributed by atoms with Gasteiger partial charge < -0.3 is 10.1 Å². The molecule has 0 aromatic heterocycles. The van der Waals surface area contributed by atoms with Gasteiger partial charge in [0.15, 0.2) is 0 Å². The third-order valence-electron chi connectivity index (χ3n) is 3.97. The summed E-state index contributed by atoms with van der Waals surface area (Å²) < 4.78 is 6.79. The molecule has 4 heteroatoms. The minimum atomic E-state index is -0.179. The Morgan fingerprint density at radius 2 is 1.85 bits per heavy atom. The summed E-state index contributed by atoms with van der Waals surface area (Å²) in [5.41, 5.74) is 3.89. The van der Waals surface area contributed by atoms with Crippen LogP contribution in [-0.2, 0) is 11.4 Å². The number of ether oxygens (including phenoxy) is 1. The van der Waals surface area contributed by atoms with Gasteiger partial charge in [0.2, 0.25) is 5.91 Å². The molecule has 0 atom stereocenters. The van der Waals surface area contributed by atoms with Crippen molar-refractivity contribution in [1.29, 1.82) is 0 Å². The average Bonchev–Trinajstić information content (AvgIpc) is 2.69. The molecule has 0 fully saturated rings. The zero-order valence-corrected chi connectivity index (χ0v) is 16.6. The number of hydrogen-bond donors (Lipinski definition) is 1. The first-order valence-corrected chi connectivity index (χ1v) is 9.41. The second-order valence-electron chi connectivity index (χ2n) is 6.13. The number of benzene rings is 3. The number of amides is 1. The molecule has 0 unspecified atom stereocenters. The van der Waals surface area contributed by atoms with Crippen molar-refractivity contribution in [2.24, 2.45) is 0 Å². The molecule has 3 nitrogen and oxygen atoms in total. The molecule has 27 heavy (non-hydrogen) atoms. The molecule has 1 amide bonds. The fourth-order valence-corrected chi connectivity index (χ4v) is 2.85. The summed E-state index contributed by atoms with van der Waals surface area (Å²) >= 11 is 3.47. The SMILES string of the molecule is Cc1ccc(NC(=O)/C=C/c2cccc(OCc3ccccc3)c2)cc1Br. The molecule has 0 aliphatic carbocycles. The number of aryl methyl sites for hydroxylation is 1. The fraction of sp³-hybridized carbons (Fsp3) is 0.0870. The van der Waals surface area contributed by atoms with Crippen molar-refractivity contribution in [1.82, 2.24) is 0 Å². The van der Waals surface area contributed by atoms with Crippen LogP contribution >= 0.6 is 15.9 Å². The highest BCUT2D eigenvalue weighted by molar-refractivity contribution is 9.10. The molecule has 136 valence electrons. The van der Waals surface area contributed by atoms with Crippen LogP contribution in [0, 0.1) is 6.92 Å². The predicted octanol–water partition coefficient (Wildman–Crippen LogP) is 5.99. The molecule has 0 spiro atoms. The number of halogens is 1. The van der Waals surface area contributed by atoms with Crippen molar-refractivity contribution in [3.05, 3.63) is 100 Å². The normalized spacial score (nSPS) is 10.7. The van der Waals surface area contributed by atoms with Gasteiger partial charge in [0.05, 0.1) is 0 Å². The third-order valence-corrected chi connectivity index (χ3v) is 4.83. The molecule has 3 aromatic rings. The van der Waals surface area contributed by atoms with E-state index in [9.17, 15) is 4.79 Å². The molecule has 3 rings (SSSR count). The van der Waals surface area contributed by atoms with Crippen LogP contribution in [0.3, 0.4) is 0 Å². The number of anilines is 1. The summed E-state index contributed by atoms with van der Waals surface area (Å²) in [5, 5.41) is 2.85. The Balaban J connectivity index is 1.59. The summed E-state index contributed by atoms with van der Waals surface area (Å²) in [6, 6.07) is 23.4. The first kappa shape index (κ1) is 18.9. The number of carbonyl (C=O) groups excluding carboxylic acids is 1. The Morgan fingerprint density at radius 1 is 1.04 bits per heavy atom. The van der Waals surface area contributed by atoms with Gasteiger partial charge in [-0.1, -0.05) is 64.5 Å². The van der Waals surface area contributed by atoms with E-state index in [0.29, 0.717) is 6.61 Å². The largest absolute Gasteiger partial charge is 0.489 e. The highest BCUT2D eigenvalue weighted by Crippen LogP contribution is 2.21. The molecular formula is C23H20BrNO2. The smallest absolute Gasteiger partial charge is 0.248 e. The van der Waals surface area contributed by atoms with Gasteiger partial charge in [0, 0.05) is 16.2 Å². The van der Waals surface area contributed by atoms with E-state index in [-0.39, 0.29) is 5.91 Å². The van der Waals surface area contributed by atoms with Crippen LogP contribution in [0.25, 0.3) is 6.08 Å². The van der Waals surface area contributed by atoms with Crippen LogP contribution in [0.1, 0.15) is 16.7 Å². The zero-order chi connectivity index (χ0) is 19.1. The first-order chi connectivity index (χ1) is 13.1. The highest BCUT2D eigenvalue weighted by Gasteiger charge is 2.01. The molecule has 3 aromatic carbocycles. The minimum Gasteiger partial charge on any atom is -0.489 e. The van der Waals surface area contributed by atoms with Crippen LogP contribution in [0.2, 0.25) is 0 Å². The molecular weight excluding hydrogens is 402 g/mol. The minimum absolute atomic E-state index is 0.179. The maximum absolute atomic E-state index is 12.1. The van der Waals surface area contributed by atoms with Crippen LogP contribution in [0.15, 0.2) is 83.3 Å². The monoisotopic (exact) mass is 421 g/mol. The van der Waals surface area contributed by atoms with Gasteiger partial charge in [0.25, 0.3) is 0 Å². The van der Waals surface area contributed by atoms with Gasteiger partial charge in [-0.3, -0.25) is 4.79 Å². The molecule has 1 N–H and O–H groups in total. The summed E-state index contributed by atoms with van der Waals surface area (Å²) in [4.78, 5) is 12.1. The number of carbonyl (C=O) groups is 1. The highest BCUT2D eigenvalue weighted by atomic mass is 79.9. The third kappa shape index (κ3) is 5.83. The number of nitrogens with one attached hydrogen (secondary N) is 1. The van der Waals surface area contributed by atoms with Gasteiger partial charge in [0.1, 0.15) is 12.4 Å². The summed E-state index contributed by atoms with van der Waals surface area (Å²) in [6.07, 6.45) is 3.29. The van der Waals surface area contributed by atoms with E-state index in [2.05, 4.69) is 21.2 Å². The first-order valence-electron chi connectivity index (χ1n) is 8.62. The van der Waals surface area contributed by atoms with Crippen molar-refractivity contribution < 1.29 is 9.53 Å². The fourth-order valence-electron chi connectivity index (χ4n) is 2.48. The summed E-state index contributed by atoms with van der Waals surface area (Å²) in [6.45, 7) is 2.51. The molecule has 0 radical (unpaired) electrons. The average molecular weight is 422 g/mol. The van der Waals surface area contributed by atoms with E-state index in [1.165, 1.54) is 6.08 Å². The van der Waals surface area contributed by atoms with Crippen molar-refractivity contribution in [3.8, 4) is 5.75 Å². The standard InChI is InChI=1S/C23H20BrNO2/c1-17-10-12-20(15-22(17)24)25-23(26)13-11-18-8-5-9-21(14-18)27-16-19-6-3-2-4-7-19/h2-15H,16H2,1H3,(H,25,26)/b13-11+. The Bertz CT molecular complexity index is 952. The molecule has 0 saturated carbocycles. The molecule has 0 heterocycles. The molecule has 0 bridgehead atoms. The van der Waals surface area contributed by atoms with E-state index in [0.717, 1.165) is 32.6 Å². The Kier molecular flexibility index (Phi) is 6.44. The van der Waals surface area contributed by atoms with Gasteiger partial charge in [-0.2, -0.15) is 0 Å². The Labute approximate surface area is 167 Å². The van der Waals surface area contributed by atoms with Crippen molar-refractivity contribution in [2.45, 2.75) is 13.5 Å². The van der Waals surface area contributed by atoms with Gasteiger partial charge in [-0.25, -0.2) is 0 Å². The van der Waals surface area contributed by atoms with Crippen molar-refractivity contribution in [3.63, 3.8) is 0 Å². The topological polar surface area (TPSA) is 38.3 Å². The van der Waals surface area contributed by atoms with E-state index >= 15 is 0 Å². The lowest BCUT2D eigenvalue weighted by molar-refractivity contribution is -0.111. The quantitative estimate of drug-likeness (QED) is 0.496. The van der Waals surface area contributed by atoms with Crippen LogP contribution in [0.4, 0.5) is 5.69 Å². The second kappa shape index (κ2) is 9.19. The van der Waals surface area contributed by atoms with Crippen LogP contribution in [0.5, 0.6) is 5.75 Å². The second-order valence-corrected chi connectivity index (χ2v) is 6.99. The summed E-state index contributed by atoms with van der Waals surface area (Å²) in [5.74, 6) is 0.588. The van der Waals surface area contributed by atoms with E-state index in [1.807, 2.05) is 79.7 Å². The maximum atomic E-state index is 12.1.